The van der Waals surface area contributed by atoms with Gasteiger partial charge in [0.25, 0.3) is 7.82 Å². The molecule has 0 fully saturated rings. The standard InChI is InChI=1S/C73H133N2O6P/c1-6-8-10-12-14-16-18-20-22-24-26-28-30-32-33-34-35-36-37-38-39-40-41-43-45-47-49-51-53-55-57-59-61-63-65-67-73(77)74-71(70-81-82(78,79)80-69-68-75(3,4)5)72(76)66-64-62-60-58-56-54-52-50-48-46-44-42-31-29-27-25-23-21-19-17-15-13-11-9-7-2/h8,10,14,16,20,22,26,28,32-33,35-36,38-39,41,43,71-72,76H,6-7,9,11-13,15,17-19,21,23-25,27,29-31,34,37,40,42,44-70H2,1-5H3,(H-,74,77,78,79)/b10-8-,16-14-,22-20-,28-26-,33-32-,36-35-,39-38-,43-41-. The third-order valence-corrected chi connectivity index (χ3v) is 16.3. The number of hydrogen-bond acceptors (Lipinski definition) is 6. The molecule has 476 valence electrons. The highest BCUT2D eigenvalue weighted by molar-refractivity contribution is 7.45. The van der Waals surface area contributed by atoms with Crippen LogP contribution in [0.5, 0.6) is 0 Å². The van der Waals surface area contributed by atoms with E-state index in [1.54, 1.807) is 0 Å². The van der Waals surface area contributed by atoms with Crippen LogP contribution in [-0.4, -0.2) is 68.5 Å². The van der Waals surface area contributed by atoms with Crippen molar-refractivity contribution in [2.45, 2.75) is 321 Å². The first kappa shape index (κ1) is 79.4. The van der Waals surface area contributed by atoms with Crippen molar-refractivity contribution in [1.29, 1.82) is 0 Å². The van der Waals surface area contributed by atoms with Crippen LogP contribution in [0.3, 0.4) is 0 Å². The second kappa shape index (κ2) is 62.9. The average Bonchev–Trinajstić information content (AvgIpc) is 3.45. The Morgan fingerprint density at radius 1 is 0.439 bits per heavy atom. The summed E-state index contributed by atoms with van der Waals surface area (Å²) in [6.07, 6.45) is 90.4. The van der Waals surface area contributed by atoms with Crippen LogP contribution in [0, 0.1) is 0 Å². The molecule has 0 radical (unpaired) electrons. The predicted molar refractivity (Wildman–Crippen MR) is 357 cm³/mol. The number of carbonyl (C=O) groups excluding carboxylic acids is 1. The van der Waals surface area contributed by atoms with Crippen molar-refractivity contribution in [1.82, 2.24) is 5.32 Å². The molecule has 1 amide bonds. The van der Waals surface area contributed by atoms with Crippen LogP contribution in [0.25, 0.3) is 0 Å². The number of hydrogen-bond donors (Lipinski definition) is 2. The average molecular weight is 1170 g/mol. The smallest absolute Gasteiger partial charge is 0.268 e. The molecule has 82 heavy (non-hydrogen) atoms. The zero-order chi connectivity index (χ0) is 59.8. The predicted octanol–water partition coefficient (Wildman–Crippen LogP) is 21.5. The molecule has 9 heteroatoms. The molecule has 0 aliphatic rings. The molecule has 0 spiro atoms. The number of aliphatic hydroxyl groups is 1. The molecular weight excluding hydrogens is 1030 g/mol. The summed E-state index contributed by atoms with van der Waals surface area (Å²) in [6, 6.07) is -0.811. The monoisotopic (exact) mass is 1160 g/mol. The van der Waals surface area contributed by atoms with Crippen molar-refractivity contribution < 1.29 is 32.9 Å². The number of carbonyl (C=O) groups is 1. The number of rotatable bonds is 63. The van der Waals surface area contributed by atoms with Gasteiger partial charge in [-0.2, -0.15) is 0 Å². The van der Waals surface area contributed by atoms with Crippen molar-refractivity contribution in [2.75, 3.05) is 40.9 Å². The summed E-state index contributed by atoms with van der Waals surface area (Å²) in [4.78, 5) is 25.7. The Balaban J connectivity index is 4.10. The fourth-order valence-corrected chi connectivity index (χ4v) is 10.7. The molecule has 0 aromatic rings. The Hall–Kier alpha value is -2.58. The van der Waals surface area contributed by atoms with Crippen molar-refractivity contribution in [3.8, 4) is 0 Å². The van der Waals surface area contributed by atoms with E-state index in [1.807, 2.05) is 21.1 Å². The number of phosphoric acid groups is 1. The van der Waals surface area contributed by atoms with Gasteiger partial charge in [-0.05, 0) is 77.0 Å². The molecule has 0 aromatic heterocycles. The lowest BCUT2D eigenvalue weighted by molar-refractivity contribution is -0.870. The number of aliphatic hydroxyl groups excluding tert-OH is 1. The van der Waals surface area contributed by atoms with Crippen molar-refractivity contribution in [3.05, 3.63) is 97.2 Å². The van der Waals surface area contributed by atoms with Gasteiger partial charge in [-0.1, -0.05) is 323 Å². The van der Waals surface area contributed by atoms with Crippen molar-refractivity contribution >= 4 is 13.7 Å². The number of unbranched alkanes of at least 4 members (excludes halogenated alkanes) is 34. The third-order valence-electron chi connectivity index (χ3n) is 15.3. The maximum atomic E-state index is 13.1. The second-order valence-electron chi connectivity index (χ2n) is 24.5. The minimum absolute atomic E-state index is 0.00796. The molecule has 0 aromatic carbocycles. The maximum Gasteiger partial charge on any atom is 0.268 e. The zero-order valence-electron chi connectivity index (χ0n) is 54.4. The van der Waals surface area contributed by atoms with Gasteiger partial charge < -0.3 is 28.8 Å². The summed E-state index contributed by atoms with van der Waals surface area (Å²) >= 11 is 0. The van der Waals surface area contributed by atoms with Gasteiger partial charge in [0.05, 0.1) is 39.9 Å². The Labute approximate surface area is 509 Å². The molecule has 0 bridgehead atoms. The molecule has 8 nitrogen and oxygen atoms in total. The number of phosphoric ester groups is 1. The zero-order valence-corrected chi connectivity index (χ0v) is 55.3. The highest BCUT2D eigenvalue weighted by Gasteiger charge is 2.24. The van der Waals surface area contributed by atoms with Crippen LogP contribution in [0.2, 0.25) is 0 Å². The quantitative estimate of drug-likeness (QED) is 0.0272. The van der Waals surface area contributed by atoms with E-state index in [0.717, 1.165) is 96.3 Å². The van der Waals surface area contributed by atoms with E-state index in [1.165, 1.54) is 186 Å². The van der Waals surface area contributed by atoms with E-state index in [2.05, 4.69) is 116 Å². The number of amides is 1. The Bertz CT molecular complexity index is 1660. The molecule has 2 N–H and O–H groups in total. The molecule has 0 saturated heterocycles. The van der Waals surface area contributed by atoms with Gasteiger partial charge in [0, 0.05) is 6.42 Å². The lowest BCUT2D eigenvalue weighted by Gasteiger charge is -2.30. The summed E-state index contributed by atoms with van der Waals surface area (Å²) in [5.41, 5.74) is 0. The normalized spacial score (nSPS) is 14.3. The highest BCUT2D eigenvalue weighted by atomic mass is 31.2. The van der Waals surface area contributed by atoms with Gasteiger partial charge in [-0.15, -0.1) is 0 Å². The van der Waals surface area contributed by atoms with E-state index >= 15 is 0 Å². The Kier molecular flexibility index (Phi) is 61.0. The molecule has 3 unspecified atom stereocenters. The number of quaternary nitrogens is 1. The lowest BCUT2D eigenvalue weighted by atomic mass is 10.0. The van der Waals surface area contributed by atoms with Crippen molar-refractivity contribution in [3.63, 3.8) is 0 Å². The molecule has 0 heterocycles. The first-order valence-corrected chi connectivity index (χ1v) is 36.0. The number of nitrogens with zero attached hydrogens (tertiary/aromatic N) is 1. The molecular formula is C73H133N2O6P. The van der Waals surface area contributed by atoms with Gasteiger partial charge in [-0.3, -0.25) is 9.36 Å². The van der Waals surface area contributed by atoms with Gasteiger partial charge in [0.15, 0.2) is 0 Å². The summed E-state index contributed by atoms with van der Waals surface area (Å²) in [6.45, 7) is 4.63. The maximum absolute atomic E-state index is 13.1. The third kappa shape index (κ3) is 65.0. The van der Waals surface area contributed by atoms with Gasteiger partial charge in [0.1, 0.15) is 13.2 Å². The second-order valence-corrected chi connectivity index (χ2v) is 25.9. The topological polar surface area (TPSA) is 108 Å². The van der Waals surface area contributed by atoms with Crippen LogP contribution in [0.15, 0.2) is 97.2 Å². The molecule has 3 atom stereocenters. The molecule has 0 aliphatic carbocycles. The van der Waals surface area contributed by atoms with Crippen LogP contribution >= 0.6 is 7.82 Å². The van der Waals surface area contributed by atoms with Crippen LogP contribution in [0.4, 0.5) is 0 Å². The number of nitrogens with one attached hydrogen (secondary N) is 1. The Morgan fingerprint density at radius 3 is 1.09 bits per heavy atom. The fraction of sp³-hybridized carbons (Fsp3) is 0.767. The fourth-order valence-electron chi connectivity index (χ4n) is 10.0. The van der Waals surface area contributed by atoms with E-state index in [0.29, 0.717) is 23.9 Å². The summed E-state index contributed by atoms with van der Waals surface area (Å²) in [5, 5.41) is 14.1. The van der Waals surface area contributed by atoms with E-state index in [-0.39, 0.29) is 19.1 Å². The highest BCUT2D eigenvalue weighted by Crippen LogP contribution is 2.38. The largest absolute Gasteiger partial charge is 0.756 e. The Morgan fingerprint density at radius 2 is 0.744 bits per heavy atom. The minimum atomic E-state index is -4.59. The number of likely N-dealkylation sites (N-methyl/N-ethyl adjacent to an activating group) is 1. The van der Waals surface area contributed by atoms with Crippen molar-refractivity contribution in [2.24, 2.45) is 0 Å². The minimum Gasteiger partial charge on any atom is -0.756 e. The summed E-state index contributed by atoms with van der Waals surface area (Å²) < 4.78 is 23.5. The first-order valence-electron chi connectivity index (χ1n) is 34.6. The first-order chi connectivity index (χ1) is 40.0. The van der Waals surface area contributed by atoms with Gasteiger partial charge in [-0.25, -0.2) is 0 Å². The van der Waals surface area contributed by atoms with Gasteiger partial charge >= 0.3 is 0 Å². The van der Waals surface area contributed by atoms with E-state index in [9.17, 15) is 19.4 Å². The summed E-state index contributed by atoms with van der Waals surface area (Å²) in [7, 11) is 1.30. The lowest BCUT2D eigenvalue weighted by Crippen LogP contribution is -2.46. The summed E-state index contributed by atoms with van der Waals surface area (Å²) in [5.74, 6) is -0.169. The molecule has 0 saturated carbocycles. The van der Waals surface area contributed by atoms with E-state index < -0.39 is 20.0 Å². The molecule has 0 rings (SSSR count). The van der Waals surface area contributed by atoms with Gasteiger partial charge in [0.2, 0.25) is 5.91 Å². The SMILES string of the molecule is CC/C=C\C/C=C\C/C=C\C/C=C\C/C=C\C/C=C\C/C=C\C/C=C\CCCCCCCCCCCCC(=O)NC(COP(=O)([O-])OCC[N+](C)(C)C)C(O)CCCCCCCCCCCCCCCCCCCCCCCCCCC. The number of allylic oxidation sites excluding steroid dienone is 16. The van der Waals surface area contributed by atoms with E-state index in [4.69, 9.17) is 9.05 Å². The van der Waals surface area contributed by atoms with Crippen LogP contribution in [0.1, 0.15) is 309 Å². The molecule has 0 aliphatic heterocycles. The van der Waals surface area contributed by atoms with Crippen LogP contribution < -0.4 is 10.2 Å². The van der Waals surface area contributed by atoms with Crippen LogP contribution in [-0.2, 0) is 18.4 Å².